The highest BCUT2D eigenvalue weighted by Crippen LogP contribution is 2.40. The zero-order chi connectivity index (χ0) is 20.7. The van der Waals surface area contributed by atoms with Gasteiger partial charge in [0.05, 0.1) is 17.8 Å². The summed E-state index contributed by atoms with van der Waals surface area (Å²) in [5.41, 5.74) is 2.42. The molecule has 0 saturated carbocycles. The predicted octanol–water partition coefficient (Wildman–Crippen LogP) is 6.32. The minimum Gasteiger partial charge on any atom is -0.497 e. The molecule has 2 N–H and O–H groups in total. The molecule has 1 aliphatic rings. The molecular formula is C23H17ClN2O3S. The molecule has 30 heavy (non-hydrogen) atoms. The quantitative estimate of drug-likeness (QED) is 0.393. The average molecular weight is 437 g/mol. The smallest absolute Gasteiger partial charge is 0.267 e. The Labute approximate surface area is 182 Å². The number of amides is 1. The van der Waals surface area contributed by atoms with Gasteiger partial charge in [0.15, 0.2) is 6.23 Å². The van der Waals surface area contributed by atoms with Crippen LogP contribution < -0.4 is 20.1 Å². The number of methoxy groups -OCH3 is 1. The maximum atomic E-state index is 12.8. The van der Waals surface area contributed by atoms with E-state index in [-0.39, 0.29) is 12.1 Å². The van der Waals surface area contributed by atoms with Crippen LogP contribution in [0.3, 0.4) is 0 Å². The lowest BCUT2D eigenvalue weighted by Crippen LogP contribution is -2.11. The first-order valence-corrected chi connectivity index (χ1v) is 10.5. The average Bonchev–Trinajstić information content (AvgIpc) is 3.35. The normalized spacial score (nSPS) is 14.7. The molecule has 4 aromatic rings. The van der Waals surface area contributed by atoms with Crippen LogP contribution in [-0.4, -0.2) is 13.0 Å². The molecule has 0 aliphatic carbocycles. The summed E-state index contributed by atoms with van der Waals surface area (Å²) in [7, 11) is 1.63. The van der Waals surface area contributed by atoms with Crippen molar-refractivity contribution >= 4 is 50.3 Å². The number of carbonyl (C=O) groups is 1. The number of halogens is 1. The fourth-order valence-corrected chi connectivity index (χ4v) is 4.84. The van der Waals surface area contributed by atoms with Gasteiger partial charge in [-0.25, -0.2) is 0 Å². The molecule has 1 amide bonds. The maximum absolute atomic E-state index is 12.8. The Morgan fingerprint density at radius 3 is 2.83 bits per heavy atom. The number of fused-ring (bicyclic) bond motifs is 2. The molecule has 0 bridgehead atoms. The van der Waals surface area contributed by atoms with Crippen LogP contribution in [0.1, 0.15) is 21.5 Å². The Morgan fingerprint density at radius 2 is 2.00 bits per heavy atom. The van der Waals surface area contributed by atoms with Gasteiger partial charge in [0.25, 0.3) is 5.91 Å². The molecule has 1 aliphatic heterocycles. The Bertz CT molecular complexity index is 1270. The van der Waals surface area contributed by atoms with Gasteiger partial charge in [-0.15, -0.1) is 11.3 Å². The van der Waals surface area contributed by atoms with Gasteiger partial charge in [0.2, 0.25) is 0 Å². The lowest BCUT2D eigenvalue weighted by molar-refractivity contribution is 0.103. The number of benzene rings is 3. The minimum atomic E-state index is -0.321. The zero-order valence-electron chi connectivity index (χ0n) is 15.9. The summed E-state index contributed by atoms with van der Waals surface area (Å²) in [6.45, 7) is 0. The van der Waals surface area contributed by atoms with E-state index in [1.165, 1.54) is 11.3 Å². The van der Waals surface area contributed by atoms with Crippen molar-refractivity contribution < 1.29 is 14.3 Å². The third-order valence-electron chi connectivity index (χ3n) is 4.91. The first kappa shape index (κ1) is 18.8. The minimum absolute atomic E-state index is 0.232. The van der Waals surface area contributed by atoms with Gasteiger partial charge in [-0.05, 0) is 36.4 Å². The molecule has 1 unspecified atom stereocenters. The highest BCUT2D eigenvalue weighted by Gasteiger charge is 2.24. The molecule has 0 radical (unpaired) electrons. The van der Waals surface area contributed by atoms with E-state index in [0.717, 1.165) is 32.8 Å². The first-order valence-electron chi connectivity index (χ1n) is 9.32. The van der Waals surface area contributed by atoms with Crippen molar-refractivity contribution in [3.8, 4) is 11.5 Å². The number of hydrogen-bond acceptors (Lipinski definition) is 5. The van der Waals surface area contributed by atoms with Crippen molar-refractivity contribution in [2.75, 3.05) is 17.7 Å². The van der Waals surface area contributed by atoms with Crippen LogP contribution in [0.4, 0.5) is 11.4 Å². The van der Waals surface area contributed by atoms with Crippen molar-refractivity contribution in [3.63, 3.8) is 0 Å². The fourth-order valence-electron chi connectivity index (χ4n) is 3.42. The van der Waals surface area contributed by atoms with Crippen LogP contribution in [0.15, 0.2) is 66.7 Å². The monoisotopic (exact) mass is 436 g/mol. The van der Waals surface area contributed by atoms with E-state index >= 15 is 0 Å². The number of anilines is 2. The van der Waals surface area contributed by atoms with E-state index in [9.17, 15) is 4.79 Å². The molecular weight excluding hydrogens is 420 g/mol. The second-order valence-corrected chi connectivity index (χ2v) is 8.26. The number of nitrogens with one attached hydrogen (secondary N) is 2. The van der Waals surface area contributed by atoms with Crippen molar-refractivity contribution in [3.05, 3.63) is 82.2 Å². The van der Waals surface area contributed by atoms with Gasteiger partial charge in [-0.1, -0.05) is 41.9 Å². The van der Waals surface area contributed by atoms with E-state index in [1.807, 2.05) is 66.7 Å². The highest BCUT2D eigenvalue weighted by molar-refractivity contribution is 7.21. The van der Waals surface area contributed by atoms with E-state index < -0.39 is 0 Å². The van der Waals surface area contributed by atoms with Crippen LogP contribution in [-0.2, 0) is 0 Å². The Hall–Kier alpha value is -3.22. The second-order valence-electron chi connectivity index (χ2n) is 6.83. The Kier molecular flexibility index (Phi) is 4.73. The number of carbonyl (C=O) groups excluding carboxylic acids is 1. The topological polar surface area (TPSA) is 59.6 Å². The van der Waals surface area contributed by atoms with Crippen molar-refractivity contribution in [1.29, 1.82) is 0 Å². The Morgan fingerprint density at radius 1 is 1.13 bits per heavy atom. The van der Waals surface area contributed by atoms with Crippen molar-refractivity contribution in [2.45, 2.75) is 6.23 Å². The van der Waals surface area contributed by atoms with Gasteiger partial charge < -0.3 is 20.1 Å². The molecule has 0 saturated heterocycles. The summed E-state index contributed by atoms with van der Waals surface area (Å²) in [5, 5.41) is 7.64. The van der Waals surface area contributed by atoms with Crippen molar-refractivity contribution in [2.24, 2.45) is 0 Å². The standard InChI is InChI=1S/C23H17ClN2O3S/c1-28-15-6-4-5-13(11-15)23-26-17-12-14(9-10-18(17)29-23)25-22(27)21-20(24)16-7-2-3-8-19(16)30-21/h2-12,23,26H,1H3,(H,25,27). The summed E-state index contributed by atoms with van der Waals surface area (Å²) in [4.78, 5) is 13.3. The van der Waals surface area contributed by atoms with Crippen LogP contribution >= 0.6 is 22.9 Å². The molecule has 1 aromatic heterocycles. The van der Waals surface area contributed by atoms with Crippen LogP contribution in [0.2, 0.25) is 5.02 Å². The second kappa shape index (κ2) is 7.55. The van der Waals surface area contributed by atoms with Crippen LogP contribution in [0.25, 0.3) is 10.1 Å². The molecule has 150 valence electrons. The molecule has 5 rings (SSSR count). The van der Waals surface area contributed by atoms with Crippen LogP contribution in [0, 0.1) is 0 Å². The van der Waals surface area contributed by atoms with E-state index in [2.05, 4.69) is 10.6 Å². The van der Waals surface area contributed by atoms with Gasteiger partial charge in [-0.2, -0.15) is 0 Å². The van der Waals surface area contributed by atoms with Gasteiger partial charge in [-0.3, -0.25) is 4.79 Å². The third-order valence-corrected chi connectivity index (χ3v) is 6.58. The SMILES string of the molecule is COc1cccc(C2Nc3cc(NC(=O)c4sc5ccccc5c4Cl)ccc3O2)c1. The Balaban J connectivity index is 1.36. The van der Waals surface area contributed by atoms with Gasteiger partial charge >= 0.3 is 0 Å². The molecule has 3 aromatic carbocycles. The van der Waals surface area contributed by atoms with Gasteiger partial charge in [0, 0.05) is 21.3 Å². The predicted molar refractivity (Wildman–Crippen MR) is 121 cm³/mol. The number of rotatable bonds is 4. The first-order chi connectivity index (χ1) is 14.6. The third kappa shape index (κ3) is 3.34. The molecule has 1 atom stereocenters. The van der Waals surface area contributed by atoms with E-state index in [0.29, 0.717) is 15.6 Å². The number of hydrogen-bond donors (Lipinski definition) is 2. The summed E-state index contributed by atoms with van der Waals surface area (Å²) >= 11 is 7.81. The highest BCUT2D eigenvalue weighted by atomic mass is 35.5. The zero-order valence-corrected chi connectivity index (χ0v) is 17.5. The lowest BCUT2D eigenvalue weighted by Gasteiger charge is -2.12. The maximum Gasteiger partial charge on any atom is 0.267 e. The number of ether oxygens (including phenoxy) is 2. The summed E-state index contributed by atoms with van der Waals surface area (Å²) in [5.74, 6) is 1.26. The molecule has 7 heteroatoms. The van der Waals surface area contributed by atoms with E-state index in [1.54, 1.807) is 7.11 Å². The molecule has 0 spiro atoms. The molecule has 5 nitrogen and oxygen atoms in total. The summed E-state index contributed by atoms with van der Waals surface area (Å²) < 4.78 is 12.3. The fraction of sp³-hybridized carbons (Fsp3) is 0.0870. The lowest BCUT2D eigenvalue weighted by atomic mass is 10.2. The summed E-state index contributed by atoms with van der Waals surface area (Å²) in [6, 6.07) is 20.9. The van der Waals surface area contributed by atoms with E-state index in [4.69, 9.17) is 21.1 Å². The molecule has 2 heterocycles. The summed E-state index contributed by atoms with van der Waals surface area (Å²) in [6.07, 6.45) is -0.321. The largest absolute Gasteiger partial charge is 0.497 e. The number of thiophene rings is 1. The molecule has 0 fully saturated rings. The van der Waals surface area contributed by atoms with Crippen LogP contribution in [0.5, 0.6) is 11.5 Å². The van der Waals surface area contributed by atoms with Crippen molar-refractivity contribution in [1.82, 2.24) is 0 Å². The van der Waals surface area contributed by atoms with Gasteiger partial charge in [0.1, 0.15) is 16.4 Å².